The van der Waals surface area contributed by atoms with E-state index in [9.17, 15) is 0 Å². The fraction of sp³-hybridized carbons (Fsp3) is 0.684. The van der Waals surface area contributed by atoms with Crippen LogP contribution in [0.4, 0.5) is 0 Å². The first-order valence-corrected chi connectivity index (χ1v) is 8.34. The van der Waals surface area contributed by atoms with Crippen molar-refractivity contribution in [3.63, 3.8) is 0 Å². The zero-order valence-corrected chi connectivity index (χ0v) is 13.3. The molecule has 110 valence electrons. The lowest BCUT2D eigenvalue weighted by molar-refractivity contribution is 0.174. The van der Waals surface area contributed by atoms with Crippen LogP contribution in [-0.2, 0) is 0 Å². The molecule has 0 bridgehead atoms. The predicted molar refractivity (Wildman–Crippen MR) is 86.1 cm³/mol. The van der Waals surface area contributed by atoms with Gasteiger partial charge in [0.25, 0.3) is 0 Å². The third-order valence-corrected chi connectivity index (χ3v) is 5.50. The van der Waals surface area contributed by atoms with Crippen LogP contribution in [0.3, 0.4) is 0 Å². The van der Waals surface area contributed by atoms with Gasteiger partial charge >= 0.3 is 0 Å². The van der Waals surface area contributed by atoms with Crippen molar-refractivity contribution in [1.82, 2.24) is 5.32 Å². The Morgan fingerprint density at radius 1 is 0.950 bits per heavy atom. The summed E-state index contributed by atoms with van der Waals surface area (Å²) < 4.78 is 0. The molecule has 20 heavy (non-hydrogen) atoms. The van der Waals surface area contributed by atoms with E-state index in [2.05, 4.69) is 50.4 Å². The molecule has 0 heterocycles. The van der Waals surface area contributed by atoms with Gasteiger partial charge in [-0.25, -0.2) is 0 Å². The molecule has 2 aliphatic carbocycles. The highest BCUT2D eigenvalue weighted by Crippen LogP contribution is 2.39. The Balaban J connectivity index is 1.43. The third-order valence-electron chi connectivity index (χ3n) is 5.50. The van der Waals surface area contributed by atoms with E-state index in [1.807, 2.05) is 0 Å². The molecule has 0 aliphatic heterocycles. The SMILES string of the molecule is Cc1ccc(C2CC(NC3CCC(C)(C)CC3)C2)cc1. The lowest BCUT2D eigenvalue weighted by Crippen LogP contribution is -2.47. The van der Waals surface area contributed by atoms with Gasteiger partial charge in [0.1, 0.15) is 0 Å². The van der Waals surface area contributed by atoms with Crippen LogP contribution >= 0.6 is 0 Å². The second-order valence-corrected chi connectivity index (χ2v) is 7.88. The minimum Gasteiger partial charge on any atom is -0.311 e. The Labute approximate surface area is 124 Å². The van der Waals surface area contributed by atoms with Gasteiger partial charge in [-0.2, -0.15) is 0 Å². The molecule has 2 aliphatic rings. The Kier molecular flexibility index (Phi) is 3.90. The molecule has 0 amide bonds. The largest absolute Gasteiger partial charge is 0.311 e. The van der Waals surface area contributed by atoms with Crippen molar-refractivity contribution in [2.45, 2.75) is 77.3 Å². The molecule has 1 N–H and O–H groups in total. The van der Waals surface area contributed by atoms with E-state index in [-0.39, 0.29) is 0 Å². The summed E-state index contributed by atoms with van der Waals surface area (Å²) in [5, 5.41) is 3.90. The number of nitrogens with one attached hydrogen (secondary N) is 1. The highest BCUT2D eigenvalue weighted by molar-refractivity contribution is 5.26. The summed E-state index contributed by atoms with van der Waals surface area (Å²) in [5.74, 6) is 0.799. The van der Waals surface area contributed by atoms with Crippen molar-refractivity contribution in [2.75, 3.05) is 0 Å². The first-order chi connectivity index (χ1) is 9.52. The molecule has 1 aromatic rings. The molecule has 0 radical (unpaired) electrons. The first kappa shape index (κ1) is 14.1. The summed E-state index contributed by atoms with van der Waals surface area (Å²) in [7, 11) is 0. The van der Waals surface area contributed by atoms with Gasteiger partial charge in [-0.3, -0.25) is 0 Å². The first-order valence-electron chi connectivity index (χ1n) is 8.34. The number of hydrogen-bond donors (Lipinski definition) is 1. The molecule has 0 saturated heterocycles. The number of hydrogen-bond acceptors (Lipinski definition) is 1. The summed E-state index contributed by atoms with van der Waals surface area (Å²) in [6.07, 6.45) is 8.20. The van der Waals surface area contributed by atoms with E-state index in [1.54, 1.807) is 5.56 Å². The Morgan fingerprint density at radius 2 is 1.55 bits per heavy atom. The van der Waals surface area contributed by atoms with Crippen LogP contribution in [0.1, 0.15) is 69.4 Å². The van der Waals surface area contributed by atoms with Gasteiger partial charge in [0.05, 0.1) is 0 Å². The summed E-state index contributed by atoms with van der Waals surface area (Å²) in [6, 6.07) is 10.7. The van der Waals surface area contributed by atoms with E-state index in [0.717, 1.165) is 18.0 Å². The van der Waals surface area contributed by atoms with Crippen molar-refractivity contribution in [2.24, 2.45) is 5.41 Å². The summed E-state index contributed by atoms with van der Waals surface area (Å²) in [5.41, 5.74) is 3.49. The van der Waals surface area contributed by atoms with Gasteiger partial charge < -0.3 is 5.32 Å². The second kappa shape index (κ2) is 5.52. The van der Waals surface area contributed by atoms with Crippen LogP contribution in [0, 0.1) is 12.3 Å². The number of rotatable bonds is 3. The monoisotopic (exact) mass is 271 g/mol. The molecular formula is C19H29N. The second-order valence-electron chi connectivity index (χ2n) is 7.88. The highest BCUT2D eigenvalue weighted by Gasteiger charge is 2.33. The smallest absolute Gasteiger partial charge is 0.00813 e. The van der Waals surface area contributed by atoms with Gasteiger partial charge in [0, 0.05) is 12.1 Å². The molecule has 1 nitrogen and oxygen atoms in total. The molecule has 2 saturated carbocycles. The molecule has 1 aromatic carbocycles. The minimum absolute atomic E-state index is 0.586. The molecule has 3 rings (SSSR count). The van der Waals surface area contributed by atoms with Gasteiger partial charge in [-0.15, -0.1) is 0 Å². The molecule has 0 atom stereocenters. The predicted octanol–water partition coefficient (Wildman–Crippen LogP) is 4.80. The van der Waals surface area contributed by atoms with Crippen molar-refractivity contribution in [3.8, 4) is 0 Å². The maximum atomic E-state index is 3.90. The minimum atomic E-state index is 0.586. The standard InChI is InChI=1S/C19H29N/c1-14-4-6-15(7-5-14)16-12-18(13-16)20-17-8-10-19(2,3)11-9-17/h4-7,16-18,20H,8-13H2,1-3H3. The van der Waals surface area contributed by atoms with Crippen LogP contribution in [0.5, 0.6) is 0 Å². The van der Waals surface area contributed by atoms with E-state index in [1.165, 1.54) is 44.1 Å². The van der Waals surface area contributed by atoms with E-state index in [4.69, 9.17) is 0 Å². The van der Waals surface area contributed by atoms with Gasteiger partial charge in [-0.05, 0) is 62.3 Å². The van der Waals surface area contributed by atoms with Crippen molar-refractivity contribution in [1.29, 1.82) is 0 Å². The van der Waals surface area contributed by atoms with E-state index in [0.29, 0.717) is 5.41 Å². The lowest BCUT2D eigenvalue weighted by Gasteiger charge is -2.42. The van der Waals surface area contributed by atoms with Crippen molar-refractivity contribution in [3.05, 3.63) is 35.4 Å². The van der Waals surface area contributed by atoms with Gasteiger partial charge in [0.2, 0.25) is 0 Å². The molecular weight excluding hydrogens is 242 g/mol. The Morgan fingerprint density at radius 3 is 2.15 bits per heavy atom. The topological polar surface area (TPSA) is 12.0 Å². The molecule has 2 fully saturated rings. The van der Waals surface area contributed by atoms with Gasteiger partial charge in [-0.1, -0.05) is 43.7 Å². The average Bonchev–Trinajstić information content (AvgIpc) is 2.37. The van der Waals surface area contributed by atoms with Crippen LogP contribution in [0.15, 0.2) is 24.3 Å². The highest BCUT2D eigenvalue weighted by atomic mass is 15.0. The van der Waals surface area contributed by atoms with Gasteiger partial charge in [0.15, 0.2) is 0 Å². The summed E-state index contributed by atoms with van der Waals surface area (Å²) >= 11 is 0. The summed E-state index contributed by atoms with van der Waals surface area (Å²) in [4.78, 5) is 0. The van der Waals surface area contributed by atoms with Crippen molar-refractivity contribution < 1.29 is 0 Å². The third kappa shape index (κ3) is 3.25. The zero-order chi connectivity index (χ0) is 14.2. The maximum absolute atomic E-state index is 3.90. The van der Waals surface area contributed by atoms with E-state index >= 15 is 0 Å². The average molecular weight is 271 g/mol. The fourth-order valence-electron chi connectivity index (χ4n) is 3.76. The zero-order valence-electron chi connectivity index (χ0n) is 13.3. The molecule has 0 aromatic heterocycles. The Bertz CT molecular complexity index is 429. The Hall–Kier alpha value is -0.820. The maximum Gasteiger partial charge on any atom is 0.00813 e. The molecule has 0 unspecified atom stereocenters. The van der Waals surface area contributed by atoms with Crippen LogP contribution in [-0.4, -0.2) is 12.1 Å². The normalized spacial score (nSPS) is 29.9. The molecule has 1 heteroatoms. The van der Waals surface area contributed by atoms with Crippen LogP contribution in [0.2, 0.25) is 0 Å². The number of aryl methyl sites for hydroxylation is 1. The quantitative estimate of drug-likeness (QED) is 0.832. The van der Waals surface area contributed by atoms with Crippen molar-refractivity contribution >= 4 is 0 Å². The number of benzene rings is 1. The van der Waals surface area contributed by atoms with Crippen LogP contribution < -0.4 is 5.32 Å². The lowest BCUT2D eigenvalue weighted by atomic mass is 9.73. The van der Waals surface area contributed by atoms with E-state index < -0.39 is 0 Å². The van der Waals surface area contributed by atoms with Crippen LogP contribution in [0.25, 0.3) is 0 Å². The summed E-state index contributed by atoms with van der Waals surface area (Å²) in [6.45, 7) is 7.00. The fourth-order valence-corrected chi connectivity index (χ4v) is 3.76. The molecule has 0 spiro atoms.